The maximum atomic E-state index is 12.3. The molecule has 0 aliphatic heterocycles. The molecule has 2 aromatic heterocycles. The normalized spacial score (nSPS) is 11.9. The van der Waals surface area contributed by atoms with Crippen molar-refractivity contribution in [3.8, 4) is 17.0 Å². The number of nitrogens with zero attached hydrogens (tertiary/aromatic N) is 3. The van der Waals surface area contributed by atoms with Crippen molar-refractivity contribution in [1.82, 2.24) is 15.2 Å². The average molecular weight is 408 g/mol. The molecule has 0 radical (unpaired) electrons. The van der Waals surface area contributed by atoms with Gasteiger partial charge >= 0.3 is 0 Å². The lowest BCUT2D eigenvalue weighted by molar-refractivity contribution is -0.115. The number of nitrogens with two attached hydrogens (primary N) is 1. The first-order chi connectivity index (χ1) is 12.5. The molecule has 0 saturated carbocycles. The zero-order chi connectivity index (χ0) is 18.5. The van der Waals surface area contributed by atoms with Crippen molar-refractivity contribution >= 4 is 50.6 Å². The van der Waals surface area contributed by atoms with E-state index in [2.05, 4.69) is 20.5 Å². The second-order valence-corrected chi connectivity index (χ2v) is 8.61. The third-order valence-electron chi connectivity index (χ3n) is 3.26. The zero-order valence-electron chi connectivity index (χ0n) is 14.1. The number of ether oxygens (including phenoxy) is 1. The van der Waals surface area contributed by atoms with E-state index < -0.39 is 0 Å². The molecule has 1 aromatic carbocycles. The molecule has 3 N–H and O–H groups in total. The summed E-state index contributed by atoms with van der Waals surface area (Å²) in [6.07, 6.45) is 0. The van der Waals surface area contributed by atoms with Gasteiger partial charge in [-0.1, -0.05) is 23.1 Å². The van der Waals surface area contributed by atoms with Crippen molar-refractivity contribution < 1.29 is 9.53 Å². The van der Waals surface area contributed by atoms with Gasteiger partial charge in [-0.25, -0.2) is 4.98 Å². The number of hydrogen-bond acceptors (Lipinski definition) is 9. The number of aromatic nitrogens is 3. The number of rotatable bonds is 7. The Morgan fingerprint density at radius 2 is 2.12 bits per heavy atom. The predicted molar refractivity (Wildman–Crippen MR) is 107 cm³/mol. The molecule has 2 heterocycles. The lowest BCUT2D eigenvalue weighted by Crippen LogP contribution is -2.22. The molecular formula is C16H17N5O2S3. The van der Waals surface area contributed by atoms with Gasteiger partial charge in [-0.05, 0) is 38.1 Å². The van der Waals surface area contributed by atoms with Crippen LogP contribution in [0.15, 0.2) is 34.0 Å². The summed E-state index contributed by atoms with van der Waals surface area (Å²) >= 11 is 3.96. The highest BCUT2D eigenvalue weighted by Crippen LogP contribution is 2.30. The SMILES string of the molecule is CCOc1ccc(-c2csc(NC(=O)C(C)Sc3nnc(N)s3)n2)cc1. The van der Waals surface area contributed by atoms with E-state index in [0.717, 1.165) is 17.0 Å². The van der Waals surface area contributed by atoms with Crippen LogP contribution in [0, 0.1) is 0 Å². The molecule has 0 aliphatic carbocycles. The van der Waals surface area contributed by atoms with Gasteiger partial charge in [-0.2, -0.15) is 0 Å². The molecule has 7 nitrogen and oxygen atoms in total. The van der Waals surface area contributed by atoms with Gasteiger partial charge < -0.3 is 15.8 Å². The molecule has 0 bridgehead atoms. The fourth-order valence-corrected chi connectivity index (χ4v) is 4.53. The molecule has 3 aromatic rings. The number of thiazole rings is 1. The van der Waals surface area contributed by atoms with Crippen LogP contribution in [0.25, 0.3) is 11.3 Å². The number of hydrogen-bond donors (Lipinski definition) is 2. The molecule has 26 heavy (non-hydrogen) atoms. The molecule has 136 valence electrons. The third-order valence-corrected chi connectivity index (χ3v) is 5.96. The first-order valence-corrected chi connectivity index (χ1v) is 10.4. The second-order valence-electron chi connectivity index (χ2n) is 5.15. The van der Waals surface area contributed by atoms with Gasteiger partial charge in [0.2, 0.25) is 11.0 Å². The quantitative estimate of drug-likeness (QED) is 0.575. The Morgan fingerprint density at radius 3 is 2.77 bits per heavy atom. The monoisotopic (exact) mass is 407 g/mol. The lowest BCUT2D eigenvalue weighted by atomic mass is 10.2. The summed E-state index contributed by atoms with van der Waals surface area (Å²) in [7, 11) is 0. The fraction of sp³-hybridized carbons (Fsp3) is 0.250. The Kier molecular flexibility index (Phi) is 6.07. The van der Waals surface area contributed by atoms with E-state index in [4.69, 9.17) is 10.5 Å². The average Bonchev–Trinajstić information content (AvgIpc) is 3.25. The summed E-state index contributed by atoms with van der Waals surface area (Å²) in [4.78, 5) is 16.8. The van der Waals surface area contributed by atoms with Gasteiger partial charge in [0.1, 0.15) is 5.75 Å². The Morgan fingerprint density at radius 1 is 1.35 bits per heavy atom. The summed E-state index contributed by atoms with van der Waals surface area (Å²) in [6.45, 7) is 4.38. The molecule has 1 amide bonds. The largest absolute Gasteiger partial charge is 0.494 e. The van der Waals surface area contributed by atoms with Gasteiger partial charge in [-0.15, -0.1) is 21.5 Å². The summed E-state index contributed by atoms with van der Waals surface area (Å²) in [5.74, 6) is 0.680. The van der Waals surface area contributed by atoms with E-state index in [1.165, 1.54) is 34.4 Å². The van der Waals surface area contributed by atoms with Crippen molar-refractivity contribution in [2.24, 2.45) is 0 Å². The number of benzene rings is 1. The van der Waals surface area contributed by atoms with E-state index >= 15 is 0 Å². The number of nitrogens with one attached hydrogen (secondary N) is 1. The van der Waals surface area contributed by atoms with E-state index in [0.29, 0.717) is 21.2 Å². The summed E-state index contributed by atoms with van der Waals surface area (Å²) in [6, 6.07) is 7.71. The lowest BCUT2D eigenvalue weighted by Gasteiger charge is -2.07. The van der Waals surface area contributed by atoms with Crippen molar-refractivity contribution in [3.05, 3.63) is 29.6 Å². The molecule has 0 aliphatic rings. The topological polar surface area (TPSA) is 103 Å². The van der Waals surface area contributed by atoms with Crippen LogP contribution in [0.4, 0.5) is 10.3 Å². The number of nitrogen functional groups attached to an aromatic ring is 1. The standard InChI is InChI=1S/C16H17N5O2S3/c1-3-23-11-6-4-10(5-7-11)12-8-24-15(18-12)19-13(22)9(2)25-16-21-20-14(17)26-16/h4-9H,3H2,1-2H3,(H2,17,20)(H,18,19,22). The molecule has 1 atom stereocenters. The molecule has 10 heteroatoms. The van der Waals surface area contributed by atoms with Crippen LogP contribution in [0.3, 0.4) is 0 Å². The van der Waals surface area contributed by atoms with E-state index in [1.54, 1.807) is 6.92 Å². The van der Waals surface area contributed by atoms with Gasteiger partial charge in [0.25, 0.3) is 0 Å². The first-order valence-electron chi connectivity index (χ1n) is 7.80. The first kappa shape index (κ1) is 18.6. The van der Waals surface area contributed by atoms with E-state index in [9.17, 15) is 4.79 Å². The van der Waals surface area contributed by atoms with Crippen molar-refractivity contribution in [2.45, 2.75) is 23.4 Å². The summed E-state index contributed by atoms with van der Waals surface area (Å²) < 4.78 is 6.10. The molecule has 0 fully saturated rings. The predicted octanol–water partition coefficient (Wildman–Crippen LogP) is 3.76. The third kappa shape index (κ3) is 4.71. The van der Waals surface area contributed by atoms with Crippen molar-refractivity contribution in [3.63, 3.8) is 0 Å². The highest BCUT2D eigenvalue weighted by Gasteiger charge is 2.18. The highest BCUT2D eigenvalue weighted by molar-refractivity contribution is 8.02. The summed E-state index contributed by atoms with van der Waals surface area (Å²) in [5.41, 5.74) is 7.33. The molecule has 0 spiro atoms. The molecule has 3 rings (SSSR count). The Hall–Kier alpha value is -2.17. The summed E-state index contributed by atoms with van der Waals surface area (Å²) in [5, 5.41) is 13.0. The van der Waals surface area contributed by atoms with E-state index in [1.807, 2.05) is 36.6 Å². The minimum atomic E-state index is -0.333. The maximum Gasteiger partial charge on any atom is 0.239 e. The van der Waals surface area contributed by atoms with Gasteiger partial charge in [0, 0.05) is 10.9 Å². The Labute approximate surface area is 163 Å². The van der Waals surface area contributed by atoms with Crippen LogP contribution in [0.1, 0.15) is 13.8 Å². The van der Waals surface area contributed by atoms with E-state index in [-0.39, 0.29) is 11.2 Å². The van der Waals surface area contributed by atoms with Crippen molar-refractivity contribution in [1.29, 1.82) is 0 Å². The minimum absolute atomic E-state index is 0.142. The van der Waals surface area contributed by atoms with Crippen LogP contribution in [-0.2, 0) is 4.79 Å². The van der Waals surface area contributed by atoms with Gasteiger partial charge in [-0.3, -0.25) is 4.79 Å². The molecular weight excluding hydrogens is 390 g/mol. The number of carbonyl (C=O) groups excluding carboxylic acids is 1. The molecule has 1 unspecified atom stereocenters. The fourth-order valence-electron chi connectivity index (χ4n) is 2.03. The maximum absolute atomic E-state index is 12.3. The van der Waals surface area contributed by atoms with Crippen LogP contribution in [0.2, 0.25) is 0 Å². The van der Waals surface area contributed by atoms with Gasteiger partial charge in [0.15, 0.2) is 9.47 Å². The van der Waals surface area contributed by atoms with Crippen LogP contribution in [-0.4, -0.2) is 32.9 Å². The highest BCUT2D eigenvalue weighted by atomic mass is 32.2. The second kappa shape index (κ2) is 8.47. The number of anilines is 2. The number of thioether (sulfide) groups is 1. The van der Waals surface area contributed by atoms with Crippen LogP contribution in [0.5, 0.6) is 5.75 Å². The van der Waals surface area contributed by atoms with Crippen LogP contribution < -0.4 is 15.8 Å². The molecule has 0 saturated heterocycles. The minimum Gasteiger partial charge on any atom is -0.494 e. The number of amides is 1. The van der Waals surface area contributed by atoms with Crippen molar-refractivity contribution in [2.75, 3.05) is 17.7 Å². The van der Waals surface area contributed by atoms with Crippen LogP contribution >= 0.6 is 34.4 Å². The smallest absolute Gasteiger partial charge is 0.239 e. The van der Waals surface area contributed by atoms with Gasteiger partial charge in [0.05, 0.1) is 17.6 Å². The Bertz CT molecular complexity index is 878. The number of carbonyl (C=O) groups is 1. The Balaban J connectivity index is 1.61. The zero-order valence-corrected chi connectivity index (χ0v) is 16.6.